The first-order valence-corrected chi connectivity index (χ1v) is 6.51. The first-order valence-electron chi connectivity index (χ1n) is 5.34. The second-order valence-electron chi connectivity index (χ2n) is 3.73. The highest BCUT2D eigenvalue weighted by Gasteiger charge is 2.04. The molecule has 0 amide bonds. The summed E-state index contributed by atoms with van der Waals surface area (Å²) in [5.41, 5.74) is 1.72. The molecule has 0 aliphatic rings. The number of hydrogen-bond acceptors (Lipinski definition) is 3. The highest BCUT2D eigenvalue weighted by Crippen LogP contribution is 2.29. The van der Waals surface area contributed by atoms with Gasteiger partial charge in [-0.25, -0.2) is 4.98 Å². The van der Waals surface area contributed by atoms with Crippen molar-refractivity contribution >= 4 is 39.0 Å². The number of rotatable bonds is 3. The molecule has 0 bridgehead atoms. The topological polar surface area (TPSA) is 34.1 Å². The molecule has 1 aromatic heterocycles. The number of halogens is 2. The van der Waals surface area contributed by atoms with Gasteiger partial charge in [-0.3, -0.25) is 0 Å². The van der Waals surface area contributed by atoms with E-state index in [1.807, 2.05) is 31.2 Å². The number of methoxy groups -OCH3 is 1. The van der Waals surface area contributed by atoms with E-state index in [1.54, 1.807) is 13.2 Å². The van der Waals surface area contributed by atoms with E-state index >= 15 is 0 Å². The third-order valence-corrected chi connectivity index (χ3v) is 3.61. The molecule has 0 atom stereocenters. The van der Waals surface area contributed by atoms with E-state index in [-0.39, 0.29) is 0 Å². The van der Waals surface area contributed by atoms with Gasteiger partial charge in [0.25, 0.3) is 0 Å². The number of aryl methyl sites for hydroxylation is 1. The summed E-state index contributed by atoms with van der Waals surface area (Å²) in [5, 5.41) is 3.77. The first-order chi connectivity index (χ1) is 8.60. The van der Waals surface area contributed by atoms with Crippen molar-refractivity contribution in [3.05, 3.63) is 45.5 Å². The Morgan fingerprint density at radius 2 is 2.06 bits per heavy atom. The second-order valence-corrected chi connectivity index (χ2v) is 5.00. The highest BCUT2D eigenvalue weighted by atomic mass is 79.9. The molecule has 0 saturated carbocycles. The van der Waals surface area contributed by atoms with Gasteiger partial charge in [0.05, 0.1) is 23.5 Å². The Morgan fingerprint density at radius 3 is 2.67 bits per heavy atom. The number of hydrogen-bond donors (Lipinski definition) is 1. The predicted octanol–water partition coefficient (Wildman–Crippen LogP) is 4.56. The van der Waals surface area contributed by atoms with Gasteiger partial charge in [0.1, 0.15) is 11.6 Å². The lowest BCUT2D eigenvalue weighted by molar-refractivity contribution is 0.415. The standard InChI is InChI=1S/C13H12BrClN2O/c1-8-10(14)4-6-13(16-8)17-12-5-3-9(18-2)7-11(12)15/h3-7H,1-2H3,(H,16,17). The molecule has 0 spiro atoms. The van der Waals surface area contributed by atoms with E-state index < -0.39 is 0 Å². The van der Waals surface area contributed by atoms with Crippen molar-refractivity contribution in [1.82, 2.24) is 4.98 Å². The van der Waals surface area contributed by atoms with Crippen molar-refractivity contribution < 1.29 is 4.74 Å². The van der Waals surface area contributed by atoms with E-state index in [0.29, 0.717) is 5.02 Å². The molecule has 1 heterocycles. The van der Waals surface area contributed by atoms with Crippen LogP contribution in [-0.2, 0) is 0 Å². The molecule has 3 nitrogen and oxygen atoms in total. The van der Waals surface area contributed by atoms with Crippen molar-refractivity contribution in [2.24, 2.45) is 0 Å². The van der Waals surface area contributed by atoms with Gasteiger partial charge in [-0.1, -0.05) is 11.6 Å². The Labute approximate surface area is 119 Å². The second kappa shape index (κ2) is 5.59. The maximum Gasteiger partial charge on any atom is 0.130 e. The van der Waals surface area contributed by atoms with Gasteiger partial charge in [-0.2, -0.15) is 0 Å². The Kier molecular flexibility index (Phi) is 4.09. The Balaban J connectivity index is 2.25. The van der Waals surface area contributed by atoms with Crippen LogP contribution in [0.25, 0.3) is 0 Å². The summed E-state index contributed by atoms with van der Waals surface area (Å²) in [5.74, 6) is 1.48. The zero-order chi connectivity index (χ0) is 13.1. The summed E-state index contributed by atoms with van der Waals surface area (Å²) in [6, 6.07) is 9.30. The van der Waals surface area contributed by atoms with Gasteiger partial charge in [-0.15, -0.1) is 0 Å². The SMILES string of the molecule is COc1ccc(Nc2ccc(Br)c(C)n2)c(Cl)c1. The van der Waals surface area contributed by atoms with Crippen LogP contribution in [0, 0.1) is 6.92 Å². The van der Waals surface area contributed by atoms with Gasteiger partial charge in [0, 0.05) is 10.5 Å². The minimum atomic E-state index is 0.594. The van der Waals surface area contributed by atoms with Crippen LogP contribution in [-0.4, -0.2) is 12.1 Å². The Bertz CT molecular complexity index is 575. The Morgan fingerprint density at radius 1 is 1.28 bits per heavy atom. The maximum atomic E-state index is 6.15. The lowest BCUT2D eigenvalue weighted by Gasteiger charge is -2.10. The van der Waals surface area contributed by atoms with Crippen LogP contribution >= 0.6 is 27.5 Å². The van der Waals surface area contributed by atoms with Gasteiger partial charge < -0.3 is 10.1 Å². The summed E-state index contributed by atoms with van der Waals surface area (Å²) >= 11 is 9.56. The zero-order valence-corrected chi connectivity index (χ0v) is 12.3. The lowest BCUT2D eigenvalue weighted by atomic mass is 10.3. The zero-order valence-electron chi connectivity index (χ0n) is 10.00. The van der Waals surface area contributed by atoms with Gasteiger partial charge >= 0.3 is 0 Å². The van der Waals surface area contributed by atoms with Crippen LogP contribution < -0.4 is 10.1 Å². The molecule has 0 unspecified atom stereocenters. The normalized spacial score (nSPS) is 10.2. The fraction of sp³-hybridized carbons (Fsp3) is 0.154. The fourth-order valence-corrected chi connectivity index (χ4v) is 1.91. The van der Waals surface area contributed by atoms with Crippen LogP contribution in [0.5, 0.6) is 5.75 Å². The number of pyridine rings is 1. The lowest BCUT2D eigenvalue weighted by Crippen LogP contribution is -1.96. The molecule has 0 saturated heterocycles. The third-order valence-electron chi connectivity index (χ3n) is 2.46. The summed E-state index contributed by atoms with van der Waals surface area (Å²) in [6.45, 7) is 1.94. The van der Waals surface area contributed by atoms with Crippen molar-refractivity contribution in [3.63, 3.8) is 0 Å². The Hall–Kier alpha value is -1.26. The molecular formula is C13H12BrClN2O. The molecule has 94 valence electrons. The van der Waals surface area contributed by atoms with Gasteiger partial charge in [0.2, 0.25) is 0 Å². The summed E-state index contributed by atoms with van der Waals surface area (Å²) in [4.78, 5) is 4.40. The van der Waals surface area contributed by atoms with Crippen LogP contribution in [0.15, 0.2) is 34.8 Å². The van der Waals surface area contributed by atoms with E-state index in [0.717, 1.165) is 27.4 Å². The average molecular weight is 328 g/mol. The smallest absolute Gasteiger partial charge is 0.130 e. The molecule has 2 rings (SSSR count). The maximum absolute atomic E-state index is 6.15. The van der Waals surface area contributed by atoms with E-state index in [4.69, 9.17) is 16.3 Å². The summed E-state index contributed by atoms with van der Waals surface area (Å²) in [6.07, 6.45) is 0. The van der Waals surface area contributed by atoms with Gasteiger partial charge in [0.15, 0.2) is 0 Å². The third kappa shape index (κ3) is 2.94. The van der Waals surface area contributed by atoms with Crippen LogP contribution in [0.1, 0.15) is 5.69 Å². The van der Waals surface area contributed by atoms with Gasteiger partial charge in [-0.05, 0) is 47.1 Å². The molecule has 1 N–H and O–H groups in total. The largest absolute Gasteiger partial charge is 0.497 e. The predicted molar refractivity (Wildman–Crippen MR) is 78.0 cm³/mol. The molecular weight excluding hydrogens is 316 g/mol. The van der Waals surface area contributed by atoms with E-state index in [9.17, 15) is 0 Å². The number of aromatic nitrogens is 1. The quantitative estimate of drug-likeness (QED) is 0.897. The van der Waals surface area contributed by atoms with Crippen molar-refractivity contribution in [2.45, 2.75) is 6.92 Å². The number of anilines is 2. The molecule has 5 heteroatoms. The molecule has 0 aliphatic heterocycles. The number of benzene rings is 1. The van der Waals surface area contributed by atoms with Crippen LogP contribution in [0.2, 0.25) is 5.02 Å². The summed E-state index contributed by atoms with van der Waals surface area (Å²) < 4.78 is 6.08. The fourth-order valence-electron chi connectivity index (χ4n) is 1.48. The number of ether oxygens (including phenoxy) is 1. The summed E-state index contributed by atoms with van der Waals surface area (Å²) in [7, 11) is 1.61. The minimum absolute atomic E-state index is 0.594. The molecule has 1 aromatic carbocycles. The van der Waals surface area contributed by atoms with E-state index in [2.05, 4.69) is 26.2 Å². The van der Waals surface area contributed by atoms with Crippen LogP contribution in [0.3, 0.4) is 0 Å². The van der Waals surface area contributed by atoms with Crippen molar-refractivity contribution in [3.8, 4) is 5.75 Å². The van der Waals surface area contributed by atoms with E-state index in [1.165, 1.54) is 0 Å². The number of nitrogens with zero attached hydrogens (tertiary/aromatic N) is 1. The molecule has 18 heavy (non-hydrogen) atoms. The van der Waals surface area contributed by atoms with Crippen molar-refractivity contribution in [1.29, 1.82) is 0 Å². The average Bonchev–Trinajstić information content (AvgIpc) is 2.36. The molecule has 0 aliphatic carbocycles. The molecule has 2 aromatic rings. The molecule has 0 fully saturated rings. The minimum Gasteiger partial charge on any atom is -0.497 e. The molecule has 0 radical (unpaired) electrons. The monoisotopic (exact) mass is 326 g/mol. The number of nitrogens with one attached hydrogen (secondary N) is 1. The van der Waals surface area contributed by atoms with Crippen molar-refractivity contribution in [2.75, 3.05) is 12.4 Å². The van der Waals surface area contributed by atoms with Crippen LogP contribution in [0.4, 0.5) is 11.5 Å². The highest BCUT2D eigenvalue weighted by molar-refractivity contribution is 9.10. The first kappa shape index (κ1) is 13.2.